The van der Waals surface area contributed by atoms with Crippen LogP contribution in [0.2, 0.25) is 0 Å². The second kappa shape index (κ2) is 6.12. The second-order valence-electron chi connectivity index (χ2n) is 6.03. The summed E-state index contributed by atoms with van der Waals surface area (Å²) in [5.74, 6) is 1.23. The third-order valence-electron chi connectivity index (χ3n) is 4.88. The molecule has 18 heavy (non-hydrogen) atoms. The van der Waals surface area contributed by atoms with Crippen LogP contribution >= 0.6 is 11.8 Å². The number of hydrogen-bond donors (Lipinski definition) is 1. The third-order valence-corrected chi connectivity index (χ3v) is 6.32. The van der Waals surface area contributed by atoms with Crippen molar-refractivity contribution in [3.63, 3.8) is 0 Å². The zero-order valence-corrected chi connectivity index (χ0v) is 13.0. The van der Waals surface area contributed by atoms with E-state index >= 15 is 0 Å². The Bertz CT molecular complexity index is 266. The second-order valence-corrected chi connectivity index (χ2v) is 7.46. The highest BCUT2D eigenvalue weighted by Gasteiger charge is 2.42. The Morgan fingerprint density at radius 2 is 2.00 bits per heavy atom. The number of rotatable bonds is 4. The van der Waals surface area contributed by atoms with Crippen molar-refractivity contribution in [2.24, 2.45) is 5.73 Å². The molecule has 0 aliphatic carbocycles. The molecule has 2 aliphatic rings. The summed E-state index contributed by atoms with van der Waals surface area (Å²) in [6.07, 6.45) is 2.53. The van der Waals surface area contributed by atoms with Crippen molar-refractivity contribution in [1.29, 1.82) is 0 Å². The van der Waals surface area contributed by atoms with Crippen molar-refractivity contribution < 1.29 is 0 Å². The van der Waals surface area contributed by atoms with Crippen molar-refractivity contribution in [3.8, 4) is 0 Å². The standard InChI is InChI=1S/C14H29N3S/c1-4-12(2)16-5-7-17(8-6-16)14(10-15)9-13(3)18-11-14/h12-13H,4-11,15H2,1-3H3. The van der Waals surface area contributed by atoms with Crippen LogP contribution in [0, 0.1) is 0 Å². The molecule has 2 saturated heterocycles. The highest BCUT2D eigenvalue weighted by atomic mass is 32.2. The Morgan fingerprint density at radius 3 is 2.44 bits per heavy atom. The zero-order chi connectivity index (χ0) is 13.2. The molecule has 0 amide bonds. The molecular weight excluding hydrogens is 242 g/mol. The SMILES string of the molecule is CCC(C)N1CCN(C2(CN)CSC(C)C2)CC1. The molecule has 3 atom stereocenters. The van der Waals surface area contributed by atoms with Gasteiger partial charge in [0.1, 0.15) is 0 Å². The van der Waals surface area contributed by atoms with Crippen LogP contribution in [0.25, 0.3) is 0 Å². The lowest BCUT2D eigenvalue weighted by molar-refractivity contribution is 0.0334. The molecule has 2 rings (SSSR count). The van der Waals surface area contributed by atoms with E-state index in [9.17, 15) is 0 Å². The van der Waals surface area contributed by atoms with Gasteiger partial charge in [-0.05, 0) is 19.8 Å². The molecule has 0 radical (unpaired) electrons. The first-order valence-electron chi connectivity index (χ1n) is 7.42. The third kappa shape index (κ3) is 2.87. The fraction of sp³-hybridized carbons (Fsp3) is 1.00. The molecule has 4 heteroatoms. The lowest BCUT2D eigenvalue weighted by Crippen LogP contribution is -2.61. The van der Waals surface area contributed by atoms with Gasteiger partial charge in [0, 0.05) is 55.3 Å². The average molecular weight is 271 g/mol. The molecule has 106 valence electrons. The van der Waals surface area contributed by atoms with Crippen LogP contribution in [-0.2, 0) is 0 Å². The van der Waals surface area contributed by atoms with Crippen LogP contribution in [0.4, 0.5) is 0 Å². The van der Waals surface area contributed by atoms with Gasteiger partial charge >= 0.3 is 0 Å². The van der Waals surface area contributed by atoms with Gasteiger partial charge in [-0.3, -0.25) is 9.80 Å². The summed E-state index contributed by atoms with van der Waals surface area (Å²) in [7, 11) is 0. The summed E-state index contributed by atoms with van der Waals surface area (Å²) in [6, 6.07) is 0.734. The van der Waals surface area contributed by atoms with E-state index in [4.69, 9.17) is 5.73 Å². The molecule has 3 unspecified atom stereocenters. The van der Waals surface area contributed by atoms with Crippen LogP contribution in [0.3, 0.4) is 0 Å². The van der Waals surface area contributed by atoms with Crippen LogP contribution in [0.5, 0.6) is 0 Å². The molecule has 0 spiro atoms. The largest absolute Gasteiger partial charge is 0.329 e. The Balaban J connectivity index is 1.92. The Labute approximate surface area is 116 Å². The van der Waals surface area contributed by atoms with Gasteiger partial charge < -0.3 is 5.73 Å². The summed E-state index contributed by atoms with van der Waals surface area (Å²) < 4.78 is 0. The Kier molecular flexibility index (Phi) is 4.98. The van der Waals surface area contributed by atoms with E-state index in [-0.39, 0.29) is 0 Å². The van der Waals surface area contributed by atoms with E-state index in [1.165, 1.54) is 44.8 Å². The smallest absolute Gasteiger partial charge is 0.0433 e. The van der Waals surface area contributed by atoms with Crippen LogP contribution in [-0.4, -0.2) is 65.1 Å². The maximum Gasteiger partial charge on any atom is 0.0433 e. The Hall–Kier alpha value is 0.230. The van der Waals surface area contributed by atoms with Gasteiger partial charge in [-0.1, -0.05) is 13.8 Å². The molecule has 2 N–H and O–H groups in total. The van der Waals surface area contributed by atoms with Gasteiger partial charge in [-0.25, -0.2) is 0 Å². The molecular formula is C14H29N3S. The van der Waals surface area contributed by atoms with Crippen LogP contribution in [0.15, 0.2) is 0 Å². The first-order valence-corrected chi connectivity index (χ1v) is 8.47. The minimum absolute atomic E-state index is 0.297. The summed E-state index contributed by atoms with van der Waals surface area (Å²) in [5.41, 5.74) is 6.41. The maximum absolute atomic E-state index is 6.11. The highest BCUT2D eigenvalue weighted by Crippen LogP contribution is 2.38. The van der Waals surface area contributed by atoms with Gasteiger partial charge in [0.15, 0.2) is 0 Å². The zero-order valence-electron chi connectivity index (χ0n) is 12.2. The van der Waals surface area contributed by atoms with Crippen molar-refractivity contribution in [3.05, 3.63) is 0 Å². The molecule has 0 saturated carbocycles. The predicted molar refractivity (Wildman–Crippen MR) is 81.2 cm³/mol. The van der Waals surface area contributed by atoms with Gasteiger partial charge in [0.05, 0.1) is 0 Å². The van der Waals surface area contributed by atoms with Gasteiger partial charge in [-0.2, -0.15) is 11.8 Å². The molecule has 3 nitrogen and oxygen atoms in total. The molecule has 0 aromatic carbocycles. The highest BCUT2D eigenvalue weighted by molar-refractivity contribution is 8.00. The molecule has 2 fully saturated rings. The molecule has 2 heterocycles. The van der Waals surface area contributed by atoms with E-state index in [1.54, 1.807) is 0 Å². The average Bonchev–Trinajstić information content (AvgIpc) is 2.81. The maximum atomic E-state index is 6.11. The van der Waals surface area contributed by atoms with E-state index in [0.717, 1.165) is 17.8 Å². The Morgan fingerprint density at radius 1 is 1.33 bits per heavy atom. The van der Waals surface area contributed by atoms with E-state index in [1.807, 2.05) is 0 Å². The summed E-state index contributed by atoms with van der Waals surface area (Å²) in [5, 5.41) is 0.779. The number of hydrogen-bond acceptors (Lipinski definition) is 4. The first kappa shape index (κ1) is 14.6. The minimum atomic E-state index is 0.297. The first-order chi connectivity index (χ1) is 8.61. The minimum Gasteiger partial charge on any atom is -0.329 e. The fourth-order valence-corrected chi connectivity index (χ4v) is 4.78. The number of nitrogens with zero attached hydrogens (tertiary/aromatic N) is 2. The van der Waals surface area contributed by atoms with E-state index in [0.29, 0.717) is 5.54 Å². The molecule has 0 bridgehead atoms. The molecule has 0 aromatic heterocycles. The van der Waals surface area contributed by atoms with Crippen molar-refractivity contribution in [2.75, 3.05) is 38.5 Å². The molecule has 0 aromatic rings. The summed E-state index contributed by atoms with van der Waals surface area (Å²) in [4.78, 5) is 5.31. The number of piperazine rings is 1. The van der Waals surface area contributed by atoms with E-state index in [2.05, 4.69) is 42.3 Å². The van der Waals surface area contributed by atoms with Crippen LogP contribution in [0.1, 0.15) is 33.6 Å². The number of nitrogens with two attached hydrogens (primary N) is 1. The number of thioether (sulfide) groups is 1. The fourth-order valence-electron chi connectivity index (χ4n) is 3.34. The van der Waals surface area contributed by atoms with Gasteiger partial charge in [0.25, 0.3) is 0 Å². The van der Waals surface area contributed by atoms with Gasteiger partial charge in [-0.15, -0.1) is 0 Å². The van der Waals surface area contributed by atoms with E-state index < -0.39 is 0 Å². The summed E-state index contributed by atoms with van der Waals surface area (Å²) in [6.45, 7) is 12.6. The van der Waals surface area contributed by atoms with Crippen molar-refractivity contribution in [2.45, 2.75) is 50.4 Å². The predicted octanol–water partition coefficient (Wildman–Crippen LogP) is 1.63. The molecule has 2 aliphatic heterocycles. The van der Waals surface area contributed by atoms with Crippen LogP contribution < -0.4 is 5.73 Å². The normalized spacial score (nSPS) is 37.0. The monoisotopic (exact) mass is 271 g/mol. The van der Waals surface area contributed by atoms with Gasteiger partial charge in [0.2, 0.25) is 0 Å². The topological polar surface area (TPSA) is 32.5 Å². The van der Waals surface area contributed by atoms with Crippen molar-refractivity contribution >= 4 is 11.8 Å². The lowest BCUT2D eigenvalue weighted by atomic mass is 9.93. The lowest BCUT2D eigenvalue weighted by Gasteiger charge is -2.46. The summed E-state index contributed by atoms with van der Waals surface area (Å²) >= 11 is 2.10. The van der Waals surface area contributed by atoms with Crippen molar-refractivity contribution in [1.82, 2.24) is 9.80 Å². The quantitative estimate of drug-likeness (QED) is 0.842.